The first kappa shape index (κ1) is 30.2. The van der Waals surface area contributed by atoms with Gasteiger partial charge in [0, 0.05) is 39.5 Å². The van der Waals surface area contributed by atoms with Crippen LogP contribution >= 0.6 is 11.6 Å². The highest BCUT2D eigenvalue weighted by Gasteiger charge is 2.31. The topological polar surface area (TPSA) is 76.8 Å². The predicted molar refractivity (Wildman–Crippen MR) is 173 cm³/mol. The third kappa shape index (κ3) is 5.94. The van der Waals surface area contributed by atoms with Crippen LogP contribution in [0, 0.1) is 5.82 Å². The molecule has 0 spiro atoms. The van der Waals surface area contributed by atoms with Crippen molar-refractivity contribution in [2.24, 2.45) is 0 Å². The van der Waals surface area contributed by atoms with Gasteiger partial charge >= 0.3 is 5.97 Å². The molecule has 0 bridgehead atoms. The van der Waals surface area contributed by atoms with Crippen LogP contribution in [0.3, 0.4) is 0 Å². The number of likely N-dealkylation sites (tertiary alicyclic amines) is 1. The van der Waals surface area contributed by atoms with Gasteiger partial charge in [0.2, 0.25) is 0 Å². The molecule has 3 aliphatic heterocycles. The Labute approximate surface area is 270 Å². The standard InChI is InChI=1S/C35H34ClFN3O4Si/c1-20-15-31(26-7-6-23(36)17-27(26)37)44-34-24(20)3-2-4-25(34)21-9-12-39(13-10-21)19-33-38-28-8-5-22(35(41)42)16-29(28)40(33)18-32(45)30-11-14-43-30/h2-8,15-17,21,30-32H,9-14,18-19H2,1H3,(H,41,42)/t30?,31-,32?/m0/s1. The average Bonchev–Trinajstić information content (AvgIpc) is 3.32. The highest BCUT2D eigenvalue weighted by atomic mass is 35.5. The molecule has 0 aliphatic carbocycles. The number of nitrogens with zero attached hydrogens (tertiary/aromatic N) is 3. The summed E-state index contributed by atoms with van der Waals surface area (Å²) in [5.41, 5.74) is 5.72. The van der Waals surface area contributed by atoms with E-state index in [0.717, 1.165) is 78.3 Å². The van der Waals surface area contributed by atoms with Crippen LogP contribution in [0.1, 0.15) is 71.1 Å². The van der Waals surface area contributed by atoms with Crippen LogP contribution in [-0.2, 0) is 17.8 Å². The van der Waals surface area contributed by atoms with E-state index in [-0.39, 0.29) is 23.0 Å². The van der Waals surface area contributed by atoms with Gasteiger partial charge in [-0.1, -0.05) is 35.9 Å². The minimum absolute atomic E-state index is 0.0982. The minimum atomic E-state index is -0.951. The Kier molecular flexibility index (Phi) is 8.28. The molecule has 0 amide bonds. The maximum absolute atomic E-state index is 14.9. The lowest BCUT2D eigenvalue weighted by Crippen LogP contribution is -2.35. The van der Waals surface area contributed by atoms with E-state index in [1.807, 2.05) is 6.08 Å². The molecule has 7 nitrogen and oxygen atoms in total. The van der Waals surface area contributed by atoms with Gasteiger partial charge in [0.05, 0.1) is 29.2 Å². The number of fused-ring (bicyclic) bond motifs is 2. The molecule has 3 aliphatic rings. The van der Waals surface area contributed by atoms with E-state index in [2.05, 4.69) is 44.8 Å². The van der Waals surface area contributed by atoms with E-state index < -0.39 is 12.1 Å². The molecule has 4 aromatic rings. The average molecular weight is 643 g/mol. The maximum Gasteiger partial charge on any atom is 0.335 e. The summed E-state index contributed by atoms with van der Waals surface area (Å²) in [5, 5.41) is 9.98. The lowest BCUT2D eigenvalue weighted by atomic mass is 9.85. The quantitative estimate of drug-likeness (QED) is 0.205. The number of hydrogen-bond acceptors (Lipinski definition) is 5. The minimum Gasteiger partial charge on any atom is -0.481 e. The van der Waals surface area contributed by atoms with Gasteiger partial charge in [-0.05, 0) is 98.3 Å². The van der Waals surface area contributed by atoms with Gasteiger partial charge in [-0.3, -0.25) is 4.90 Å². The van der Waals surface area contributed by atoms with Crippen LogP contribution in [0.4, 0.5) is 4.39 Å². The number of para-hydroxylation sites is 1. The highest BCUT2D eigenvalue weighted by molar-refractivity contribution is 6.30. The van der Waals surface area contributed by atoms with Crippen LogP contribution in [-0.4, -0.2) is 61.6 Å². The predicted octanol–water partition coefficient (Wildman–Crippen LogP) is 7.19. The van der Waals surface area contributed by atoms with Crippen molar-refractivity contribution in [3.05, 3.63) is 99.6 Å². The second kappa shape index (κ2) is 12.4. The fourth-order valence-electron chi connectivity index (χ4n) is 6.80. The number of allylic oxidation sites excluding steroid dienone is 1. The molecule has 1 aromatic heterocycles. The van der Waals surface area contributed by atoms with Gasteiger partial charge in [0.15, 0.2) is 0 Å². The fraction of sp³-hybridized carbons (Fsp3) is 0.371. The number of ether oxygens (including phenoxy) is 2. The number of piperidine rings is 1. The fourth-order valence-corrected chi connectivity index (χ4v) is 7.40. The number of rotatable bonds is 8. The molecule has 3 radical (unpaired) electrons. The van der Waals surface area contributed by atoms with Crippen molar-refractivity contribution in [1.29, 1.82) is 0 Å². The van der Waals surface area contributed by atoms with E-state index in [9.17, 15) is 14.3 Å². The molecule has 45 heavy (non-hydrogen) atoms. The number of carbonyl (C=O) groups is 1. The Morgan fingerprint density at radius 3 is 2.64 bits per heavy atom. The first-order valence-electron chi connectivity index (χ1n) is 15.5. The number of carboxylic acids is 1. The number of benzene rings is 3. The van der Waals surface area contributed by atoms with Gasteiger partial charge in [-0.2, -0.15) is 0 Å². The van der Waals surface area contributed by atoms with E-state index in [1.165, 1.54) is 6.07 Å². The van der Waals surface area contributed by atoms with Crippen molar-refractivity contribution in [2.45, 2.75) is 62.9 Å². The normalized spacial score (nSPS) is 21.1. The smallest absolute Gasteiger partial charge is 0.335 e. The highest BCUT2D eigenvalue weighted by Crippen LogP contribution is 2.44. The van der Waals surface area contributed by atoms with Gasteiger partial charge in [0.25, 0.3) is 0 Å². The summed E-state index contributed by atoms with van der Waals surface area (Å²) in [6.07, 6.45) is 4.49. The first-order valence-corrected chi connectivity index (χ1v) is 16.4. The lowest BCUT2D eigenvalue weighted by molar-refractivity contribution is -0.0556. The number of carboxylic acid groups (broad SMARTS) is 1. The zero-order chi connectivity index (χ0) is 31.2. The summed E-state index contributed by atoms with van der Waals surface area (Å²) in [7, 11) is 3.88. The van der Waals surface area contributed by atoms with Crippen molar-refractivity contribution >= 4 is 44.4 Å². The molecule has 0 saturated carbocycles. The van der Waals surface area contributed by atoms with Crippen LogP contribution < -0.4 is 4.74 Å². The number of imidazole rings is 1. The van der Waals surface area contributed by atoms with Crippen LogP contribution in [0.5, 0.6) is 5.75 Å². The molecular weight excluding hydrogens is 609 g/mol. The Morgan fingerprint density at radius 1 is 1.13 bits per heavy atom. The molecular formula is C35H34ClFN3O4Si. The van der Waals surface area contributed by atoms with Crippen molar-refractivity contribution in [2.75, 3.05) is 19.7 Å². The summed E-state index contributed by atoms with van der Waals surface area (Å²) in [5.74, 6) is 0.739. The summed E-state index contributed by atoms with van der Waals surface area (Å²) >= 11 is 6.01. The molecule has 2 unspecified atom stereocenters. The SMILES string of the molecule is CC1=C[C@@H](c2ccc(Cl)cc2F)Oc2c1cccc2C1CCN(Cc2nc3ccc(C(=O)O)cc3n2CC([Si])C2CCO2)CC1. The van der Waals surface area contributed by atoms with Crippen molar-refractivity contribution in [3.8, 4) is 5.75 Å². The van der Waals surface area contributed by atoms with Gasteiger partial charge in [0.1, 0.15) is 23.5 Å². The van der Waals surface area contributed by atoms with E-state index in [0.29, 0.717) is 29.6 Å². The molecule has 2 saturated heterocycles. The second-order valence-electron chi connectivity index (χ2n) is 12.3. The monoisotopic (exact) mass is 642 g/mol. The molecule has 3 aromatic carbocycles. The summed E-state index contributed by atoms with van der Waals surface area (Å²) in [6.45, 7) is 5.89. The van der Waals surface area contributed by atoms with Crippen LogP contribution in [0.2, 0.25) is 10.6 Å². The van der Waals surface area contributed by atoms with Crippen molar-refractivity contribution in [1.82, 2.24) is 14.5 Å². The van der Waals surface area contributed by atoms with Crippen LogP contribution in [0.25, 0.3) is 16.6 Å². The maximum atomic E-state index is 14.9. The zero-order valence-electron chi connectivity index (χ0n) is 25.0. The number of hydrogen-bond donors (Lipinski definition) is 1. The number of aromatic carboxylic acids is 1. The summed E-state index contributed by atoms with van der Waals surface area (Å²) in [6, 6.07) is 16.2. The lowest BCUT2D eigenvalue weighted by Gasteiger charge is -2.35. The Balaban J connectivity index is 1.10. The van der Waals surface area contributed by atoms with Crippen molar-refractivity contribution in [3.63, 3.8) is 0 Å². The molecule has 1 N–H and O–H groups in total. The second-order valence-corrected chi connectivity index (χ2v) is 13.5. The van der Waals surface area contributed by atoms with Gasteiger partial charge in [-0.15, -0.1) is 0 Å². The largest absolute Gasteiger partial charge is 0.481 e. The summed E-state index contributed by atoms with van der Waals surface area (Å²) < 4.78 is 29.3. The van der Waals surface area contributed by atoms with E-state index in [4.69, 9.17) is 26.1 Å². The number of halogens is 2. The molecule has 231 valence electrons. The van der Waals surface area contributed by atoms with E-state index >= 15 is 0 Å². The zero-order valence-corrected chi connectivity index (χ0v) is 26.8. The van der Waals surface area contributed by atoms with Crippen molar-refractivity contribution < 1.29 is 23.8 Å². The first-order chi connectivity index (χ1) is 21.7. The molecule has 4 heterocycles. The molecule has 7 rings (SSSR count). The summed E-state index contributed by atoms with van der Waals surface area (Å²) in [4.78, 5) is 19.1. The Morgan fingerprint density at radius 2 is 1.93 bits per heavy atom. The van der Waals surface area contributed by atoms with Crippen LogP contribution in [0.15, 0.2) is 60.7 Å². The third-order valence-electron chi connectivity index (χ3n) is 9.41. The molecule has 3 atom stereocenters. The van der Waals surface area contributed by atoms with Gasteiger partial charge in [-0.25, -0.2) is 14.2 Å². The number of aromatic nitrogens is 2. The third-order valence-corrected chi connectivity index (χ3v) is 10.2. The Bertz CT molecular complexity index is 1800. The van der Waals surface area contributed by atoms with Gasteiger partial charge < -0.3 is 19.1 Å². The molecule has 2 fully saturated rings. The Hall–Kier alpha value is -3.50. The van der Waals surface area contributed by atoms with E-state index in [1.54, 1.807) is 30.3 Å². The molecule has 10 heteroatoms.